The Bertz CT molecular complexity index is 684. The molecule has 1 heterocycles. The molecule has 2 aromatic carbocycles. The third kappa shape index (κ3) is 3.78. The van der Waals surface area contributed by atoms with Crippen molar-refractivity contribution in [1.82, 2.24) is 0 Å². The summed E-state index contributed by atoms with van der Waals surface area (Å²) >= 11 is 0. The fraction of sp³-hybridized carbons (Fsp3) is 0.500. The molecular formula is C24H34O2Si. The molecular weight excluding hydrogens is 348 g/mol. The van der Waals surface area contributed by atoms with Crippen molar-refractivity contribution in [2.24, 2.45) is 11.8 Å². The van der Waals surface area contributed by atoms with Crippen LogP contribution in [0.1, 0.15) is 41.5 Å². The lowest BCUT2D eigenvalue weighted by molar-refractivity contribution is 0.0107. The van der Waals surface area contributed by atoms with Crippen molar-refractivity contribution in [3.8, 4) is 0 Å². The summed E-state index contributed by atoms with van der Waals surface area (Å²) in [6.07, 6.45) is 0.462. The van der Waals surface area contributed by atoms with Crippen molar-refractivity contribution in [3.05, 3.63) is 60.7 Å². The summed E-state index contributed by atoms with van der Waals surface area (Å²) in [5.74, 6) is 1.08. The zero-order valence-electron chi connectivity index (χ0n) is 17.6. The molecule has 0 aliphatic carbocycles. The predicted octanol–water partition coefficient (Wildman–Crippen LogP) is 4.62. The summed E-state index contributed by atoms with van der Waals surface area (Å²) in [7, 11) is -2.47. The second kappa shape index (κ2) is 7.90. The van der Waals surface area contributed by atoms with E-state index in [0.717, 1.165) is 0 Å². The van der Waals surface area contributed by atoms with Crippen LogP contribution < -0.4 is 10.4 Å². The van der Waals surface area contributed by atoms with Crippen LogP contribution in [-0.4, -0.2) is 27.1 Å². The van der Waals surface area contributed by atoms with Crippen LogP contribution in [0.2, 0.25) is 5.04 Å². The Kier molecular flexibility index (Phi) is 5.95. The zero-order valence-corrected chi connectivity index (χ0v) is 18.6. The molecule has 27 heavy (non-hydrogen) atoms. The second-order valence-electron chi connectivity index (χ2n) is 9.07. The Morgan fingerprint density at radius 3 is 1.67 bits per heavy atom. The summed E-state index contributed by atoms with van der Waals surface area (Å²) in [6.45, 7) is 14.4. The largest absolute Gasteiger partial charge is 0.405 e. The molecule has 2 aromatic rings. The Labute approximate surface area is 166 Å². The van der Waals surface area contributed by atoms with Gasteiger partial charge in [-0.2, -0.15) is 0 Å². The van der Waals surface area contributed by atoms with Gasteiger partial charge in [0, 0.05) is 0 Å². The SMILES string of the molecule is CC1O[C@@H](CO[Si](c2ccccc2)(c2ccccc2)C(C)(C)C)[C@@H](C)C1C. The predicted molar refractivity (Wildman–Crippen MR) is 116 cm³/mol. The van der Waals surface area contributed by atoms with Gasteiger partial charge >= 0.3 is 0 Å². The number of benzene rings is 2. The van der Waals surface area contributed by atoms with E-state index >= 15 is 0 Å². The summed E-state index contributed by atoms with van der Waals surface area (Å²) in [5, 5.41) is 2.67. The number of ether oxygens (including phenoxy) is 1. The van der Waals surface area contributed by atoms with Crippen molar-refractivity contribution in [2.45, 2.75) is 58.8 Å². The van der Waals surface area contributed by atoms with E-state index in [0.29, 0.717) is 24.5 Å². The number of hydrogen-bond acceptors (Lipinski definition) is 2. The van der Waals surface area contributed by atoms with E-state index in [4.69, 9.17) is 9.16 Å². The molecule has 3 rings (SSSR count). The van der Waals surface area contributed by atoms with E-state index in [9.17, 15) is 0 Å². The topological polar surface area (TPSA) is 18.5 Å². The van der Waals surface area contributed by atoms with Crippen molar-refractivity contribution in [3.63, 3.8) is 0 Å². The van der Waals surface area contributed by atoms with Gasteiger partial charge in [-0.1, -0.05) is 95.3 Å². The van der Waals surface area contributed by atoms with Crippen molar-refractivity contribution >= 4 is 18.7 Å². The van der Waals surface area contributed by atoms with Crippen LogP contribution in [0.4, 0.5) is 0 Å². The first-order chi connectivity index (χ1) is 12.8. The molecule has 2 nitrogen and oxygen atoms in total. The van der Waals surface area contributed by atoms with Gasteiger partial charge in [-0.15, -0.1) is 0 Å². The Morgan fingerprint density at radius 2 is 1.30 bits per heavy atom. The third-order valence-electron chi connectivity index (χ3n) is 6.43. The standard InChI is InChI=1S/C24H34O2Si/c1-18-19(2)23(26-20(18)3)17-25-27(24(4,5)6,21-13-9-7-10-14-21)22-15-11-8-12-16-22/h7-16,18-20,23H,17H2,1-6H3/t18?,19-,20?,23-/m0/s1. The molecule has 1 fully saturated rings. The number of hydrogen-bond donors (Lipinski definition) is 0. The minimum Gasteiger partial charge on any atom is -0.405 e. The maximum atomic E-state index is 7.03. The van der Waals surface area contributed by atoms with Crippen LogP contribution in [0.5, 0.6) is 0 Å². The first-order valence-corrected chi connectivity index (χ1v) is 12.1. The maximum Gasteiger partial charge on any atom is 0.261 e. The van der Waals surface area contributed by atoms with Gasteiger partial charge in [0.1, 0.15) is 0 Å². The van der Waals surface area contributed by atoms with E-state index in [1.807, 2.05) is 0 Å². The summed E-state index contributed by atoms with van der Waals surface area (Å²) in [4.78, 5) is 0. The highest BCUT2D eigenvalue weighted by molar-refractivity contribution is 6.99. The van der Waals surface area contributed by atoms with Gasteiger partial charge in [-0.25, -0.2) is 0 Å². The molecule has 0 amide bonds. The Hall–Kier alpha value is -1.42. The highest BCUT2D eigenvalue weighted by atomic mass is 28.4. The molecule has 0 saturated carbocycles. The normalized spacial score (nSPS) is 26.3. The van der Waals surface area contributed by atoms with E-state index in [1.54, 1.807) is 0 Å². The van der Waals surface area contributed by atoms with Gasteiger partial charge in [-0.05, 0) is 34.2 Å². The molecule has 146 valence electrons. The first-order valence-electron chi connectivity index (χ1n) is 10.2. The van der Waals surface area contributed by atoms with E-state index < -0.39 is 8.32 Å². The lowest BCUT2D eigenvalue weighted by atomic mass is 9.91. The lowest BCUT2D eigenvalue weighted by Crippen LogP contribution is -2.67. The van der Waals surface area contributed by atoms with E-state index in [-0.39, 0.29) is 11.1 Å². The fourth-order valence-electron chi connectivity index (χ4n) is 4.45. The monoisotopic (exact) mass is 382 g/mol. The molecule has 4 atom stereocenters. The van der Waals surface area contributed by atoms with Crippen molar-refractivity contribution in [1.29, 1.82) is 0 Å². The van der Waals surface area contributed by atoms with Crippen molar-refractivity contribution < 1.29 is 9.16 Å². The second-order valence-corrected chi connectivity index (χ2v) is 13.4. The average Bonchev–Trinajstić information content (AvgIpc) is 2.90. The zero-order chi connectivity index (χ0) is 19.7. The fourth-order valence-corrected chi connectivity index (χ4v) is 9.02. The van der Waals surface area contributed by atoms with Gasteiger partial charge in [0.05, 0.1) is 18.8 Å². The van der Waals surface area contributed by atoms with E-state index in [2.05, 4.69) is 102 Å². The van der Waals surface area contributed by atoms with Crippen LogP contribution in [0, 0.1) is 11.8 Å². The van der Waals surface area contributed by atoms with Gasteiger partial charge in [-0.3, -0.25) is 0 Å². The maximum absolute atomic E-state index is 7.03. The molecule has 0 aromatic heterocycles. The number of rotatable bonds is 5. The van der Waals surface area contributed by atoms with Gasteiger partial charge in [0.2, 0.25) is 0 Å². The highest BCUT2D eigenvalue weighted by Crippen LogP contribution is 2.38. The molecule has 2 unspecified atom stereocenters. The quantitative estimate of drug-likeness (QED) is 0.702. The summed E-state index contributed by atoms with van der Waals surface area (Å²) in [6, 6.07) is 21.7. The van der Waals surface area contributed by atoms with Gasteiger partial charge in [0.15, 0.2) is 0 Å². The van der Waals surface area contributed by atoms with Crippen LogP contribution in [0.25, 0.3) is 0 Å². The van der Waals surface area contributed by atoms with Crippen molar-refractivity contribution in [2.75, 3.05) is 6.61 Å². The highest BCUT2D eigenvalue weighted by Gasteiger charge is 2.51. The summed E-state index contributed by atoms with van der Waals surface area (Å²) < 4.78 is 13.3. The van der Waals surface area contributed by atoms with Crippen LogP contribution in [0.3, 0.4) is 0 Å². The molecule has 0 spiro atoms. The molecule has 0 bridgehead atoms. The summed E-state index contributed by atoms with van der Waals surface area (Å²) in [5.41, 5.74) is 0. The first kappa shape index (κ1) is 20.3. The van der Waals surface area contributed by atoms with Crippen LogP contribution in [0.15, 0.2) is 60.7 Å². The minimum atomic E-state index is -2.47. The van der Waals surface area contributed by atoms with Gasteiger partial charge in [0.25, 0.3) is 8.32 Å². The Balaban J connectivity index is 2.02. The average molecular weight is 383 g/mol. The van der Waals surface area contributed by atoms with Crippen LogP contribution in [-0.2, 0) is 9.16 Å². The lowest BCUT2D eigenvalue weighted by Gasteiger charge is -2.43. The third-order valence-corrected chi connectivity index (χ3v) is 11.4. The molecule has 0 N–H and O–H groups in total. The van der Waals surface area contributed by atoms with Crippen LogP contribution >= 0.6 is 0 Å². The van der Waals surface area contributed by atoms with Gasteiger partial charge < -0.3 is 9.16 Å². The smallest absolute Gasteiger partial charge is 0.261 e. The molecule has 3 heteroatoms. The minimum absolute atomic E-state index is 0.00871. The molecule has 1 aliphatic rings. The van der Waals surface area contributed by atoms with E-state index in [1.165, 1.54) is 10.4 Å². The molecule has 0 radical (unpaired) electrons. The molecule has 1 aliphatic heterocycles. The Morgan fingerprint density at radius 1 is 0.815 bits per heavy atom. The molecule has 1 saturated heterocycles.